The summed E-state index contributed by atoms with van der Waals surface area (Å²) in [5.74, 6) is 0. The molecule has 0 saturated heterocycles. The summed E-state index contributed by atoms with van der Waals surface area (Å²) in [6.07, 6.45) is 0.826. The van der Waals surface area contributed by atoms with Crippen molar-refractivity contribution in [3.63, 3.8) is 0 Å². The minimum absolute atomic E-state index is 0.552. The lowest BCUT2D eigenvalue weighted by atomic mass is 10.0. The Balaban J connectivity index is 2.27. The predicted molar refractivity (Wildman–Crippen MR) is 70.8 cm³/mol. The van der Waals surface area contributed by atoms with E-state index in [1.807, 2.05) is 18.2 Å². The minimum Gasteiger partial charge on any atom is -0.380 e. The summed E-state index contributed by atoms with van der Waals surface area (Å²) in [6.45, 7) is 1.83. The largest absolute Gasteiger partial charge is 0.380 e. The molecule has 0 radical (unpaired) electrons. The van der Waals surface area contributed by atoms with E-state index < -0.39 is 0 Å². The lowest BCUT2D eigenvalue weighted by molar-refractivity contribution is 0.109. The molecule has 0 spiro atoms. The van der Waals surface area contributed by atoms with E-state index in [1.165, 1.54) is 0 Å². The number of nitrogens with zero attached hydrogens (tertiary/aromatic N) is 1. The number of pyridine rings is 1. The Morgan fingerprint density at radius 1 is 1.44 bits per heavy atom. The SMILES string of the molecule is COCc1cccc2c(Cl)c3c(nc12)CCOC3. The van der Waals surface area contributed by atoms with Crippen LogP contribution in [0.15, 0.2) is 18.2 Å². The Hall–Kier alpha value is -1.16. The highest BCUT2D eigenvalue weighted by molar-refractivity contribution is 6.36. The van der Waals surface area contributed by atoms with Crippen LogP contribution < -0.4 is 0 Å². The predicted octanol–water partition coefficient (Wildman–Crippen LogP) is 3.11. The Kier molecular flexibility index (Phi) is 3.20. The van der Waals surface area contributed by atoms with Crippen LogP contribution in [0.2, 0.25) is 5.02 Å². The Morgan fingerprint density at radius 3 is 3.17 bits per heavy atom. The number of para-hydroxylation sites is 1. The van der Waals surface area contributed by atoms with Gasteiger partial charge in [-0.15, -0.1) is 0 Å². The van der Waals surface area contributed by atoms with Crippen molar-refractivity contribution in [2.45, 2.75) is 19.6 Å². The maximum atomic E-state index is 6.47. The summed E-state index contributed by atoms with van der Waals surface area (Å²) in [5.41, 5.74) is 4.11. The van der Waals surface area contributed by atoms with Crippen LogP contribution in [0.1, 0.15) is 16.8 Å². The molecule has 3 rings (SSSR count). The van der Waals surface area contributed by atoms with Gasteiger partial charge in [0, 0.05) is 30.0 Å². The van der Waals surface area contributed by atoms with E-state index in [4.69, 9.17) is 26.1 Å². The van der Waals surface area contributed by atoms with E-state index in [9.17, 15) is 0 Å². The van der Waals surface area contributed by atoms with Crippen molar-refractivity contribution >= 4 is 22.5 Å². The van der Waals surface area contributed by atoms with Crippen molar-refractivity contribution in [1.29, 1.82) is 0 Å². The number of hydrogen-bond acceptors (Lipinski definition) is 3. The highest BCUT2D eigenvalue weighted by atomic mass is 35.5. The fourth-order valence-corrected chi connectivity index (χ4v) is 2.68. The van der Waals surface area contributed by atoms with E-state index in [1.54, 1.807) is 7.11 Å². The topological polar surface area (TPSA) is 31.4 Å². The quantitative estimate of drug-likeness (QED) is 0.834. The molecule has 1 aliphatic heterocycles. The summed E-state index contributed by atoms with van der Waals surface area (Å²) >= 11 is 6.47. The molecular weight excluding hydrogens is 250 g/mol. The number of benzene rings is 1. The number of ether oxygens (including phenoxy) is 2. The molecule has 0 atom stereocenters. The number of hydrogen-bond donors (Lipinski definition) is 0. The molecule has 0 N–H and O–H groups in total. The summed E-state index contributed by atoms with van der Waals surface area (Å²) < 4.78 is 10.7. The molecule has 0 bridgehead atoms. The molecule has 1 aliphatic rings. The van der Waals surface area contributed by atoms with Crippen molar-refractivity contribution in [2.24, 2.45) is 0 Å². The first kappa shape index (κ1) is 11.9. The lowest BCUT2D eigenvalue weighted by Crippen LogP contribution is -2.13. The first-order valence-corrected chi connectivity index (χ1v) is 6.34. The molecule has 2 aromatic rings. The van der Waals surface area contributed by atoms with Gasteiger partial charge in [0.15, 0.2) is 0 Å². The number of aromatic nitrogens is 1. The van der Waals surface area contributed by atoms with E-state index in [2.05, 4.69) is 0 Å². The van der Waals surface area contributed by atoms with Gasteiger partial charge < -0.3 is 9.47 Å². The van der Waals surface area contributed by atoms with Crippen molar-refractivity contribution in [1.82, 2.24) is 4.98 Å². The average Bonchev–Trinajstić information content (AvgIpc) is 2.40. The molecule has 0 saturated carbocycles. The van der Waals surface area contributed by atoms with Gasteiger partial charge >= 0.3 is 0 Å². The monoisotopic (exact) mass is 263 g/mol. The second-order valence-electron chi connectivity index (χ2n) is 4.40. The van der Waals surface area contributed by atoms with E-state index in [0.29, 0.717) is 19.8 Å². The number of fused-ring (bicyclic) bond motifs is 2. The smallest absolute Gasteiger partial charge is 0.0775 e. The van der Waals surface area contributed by atoms with E-state index in [-0.39, 0.29) is 0 Å². The first-order valence-electron chi connectivity index (χ1n) is 5.97. The average molecular weight is 264 g/mol. The molecule has 0 aliphatic carbocycles. The number of methoxy groups -OCH3 is 1. The third kappa shape index (κ3) is 1.88. The first-order chi connectivity index (χ1) is 8.81. The number of halogens is 1. The van der Waals surface area contributed by atoms with Gasteiger partial charge in [-0.3, -0.25) is 4.98 Å². The second-order valence-corrected chi connectivity index (χ2v) is 4.78. The van der Waals surface area contributed by atoms with Crippen LogP contribution in [0, 0.1) is 0 Å². The van der Waals surface area contributed by atoms with Gasteiger partial charge in [0.25, 0.3) is 0 Å². The molecular formula is C14H14ClNO2. The van der Waals surface area contributed by atoms with Crippen LogP contribution in [0.3, 0.4) is 0 Å². The summed E-state index contributed by atoms with van der Waals surface area (Å²) in [7, 11) is 1.69. The molecule has 1 aromatic heterocycles. The van der Waals surface area contributed by atoms with Gasteiger partial charge in [-0.1, -0.05) is 29.8 Å². The second kappa shape index (κ2) is 4.84. The van der Waals surface area contributed by atoms with Crippen LogP contribution in [-0.2, 0) is 29.1 Å². The molecule has 1 aromatic carbocycles. The van der Waals surface area contributed by atoms with Gasteiger partial charge in [0.05, 0.1) is 36.1 Å². The fraction of sp³-hybridized carbons (Fsp3) is 0.357. The zero-order valence-corrected chi connectivity index (χ0v) is 11.0. The maximum Gasteiger partial charge on any atom is 0.0775 e. The lowest BCUT2D eigenvalue weighted by Gasteiger charge is -2.19. The van der Waals surface area contributed by atoms with Crippen LogP contribution in [0.4, 0.5) is 0 Å². The third-order valence-corrected chi connectivity index (χ3v) is 3.68. The summed E-state index contributed by atoms with van der Waals surface area (Å²) in [4.78, 5) is 4.75. The molecule has 0 fully saturated rings. The van der Waals surface area contributed by atoms with Crippen LogP contribution in [0.25, 0.3) is 10.9 Å². The molecule has 0 unspecified atom stereocenters. The van der Waals surface area contributed by atoms with Crippen LogP contribution in [0.5, 0.6) is 0 Å². The van der Waals surface area contributed by atoms with Gasteiger partial charge in [0.1, 0.15) is 0 Å². The zero-order chi connectivity index (χ0) is 12.5. The normalized spacial score (nSPS) is 14.8. The van der Waals surface area contributed by atoms with Crippen molar-refractivity contribution in [3.8, 4) is 0 Å². The van der Waals surface area contributed by atoms with Crippen molar-refractivity contribution in [2.75, 3.05) is 13.7 Å². The minimum atomic E-state index is 0.552. The molecule has 0 amide bonds. The zero-order valence-electron chi connectivity index (χ0n) is 10.2. The van der Waals surface area contributed by atoms with Crippen LogP contribution in [-0.4, -0.2) is 18.7 Å². The fourth-order valence-electron chi connectivity index (χ4n) is 2.36. The third-order valence-electron chi connectivity index (χ3n) is 3.25. The van der Waals surface area contributed by atoms with E-state index >= 15 is 0 Å². The Morgan fingerprint density at radius 2 is 2.33 bits per heavy atom. The number of rotatable bonds is 2. The van der Waals surface area contributed by atoms with Crippen LogP contribution >= 0.6 is 11.6 Å². The van der Waals surface area contributed by atoms with Crippen molar-refractivity contribution < 1.29 is 9.47 Å². The highest BCUT2D eigenvalue weighted by Crippen LogP contribution is 2.32. The molecule has 18 heavy (non-hydrogen) atoms. The maximum absolute atomic E-state index is 6.47. The van der Waals surface area contributed by atoms with Gasteiger partial charge in [0.2, 0.25) is 0 Å². The van der Waals surface area contributed by atoms with Gasteiger partial charge in [-0.2, -0.15) is 0 Å². The van der Waals surface area contributed by atoms with Gasteiger partial charge in [-0.25, -0.2) is 0 Å². The highest BCUT2D eigenvalue weighted by Gasteiger charge is 2.18. The summed E-state index contributed by atoms with van der Waals surface area (Å²) in [5, 5.41) is 1.75. The summed E-state index contributed by atoms with van der Waals surface area (Å²) in [6, 6.07) is 6.01. The molecule has 94 valence electrons. The molecule has 4 heteroatoms. The van der Waals surface area contributed by atoms with Crippen molar-refractivity contribution in [3.05, 3.63) is 40.0 Å². The molecule has 3 nitrogen and oxygen atoms in total. The van der Waals surface area contributed by atoms with E-state index in [0.717, 1.165) is 39.2 Å². The Labute approximate surface area is 111 Å². The molecule has 2 heterocycles. The Bertz CT molecular complexity index is 598. The van der Waals surface area contributed by atoms with Gasteiger partial charge in [-0.05, 0) is 0 Å². The standard InChI is InChI=1S/C14H14ClNO2/c1-17-7-9-3-2-4-10-13(15)11-8-18-6-5-12(11)16-14(9)10/h2-4H,5-8H2,1H3.